The molecule has 1 unspecified atom stereocenters. The summed E-state index contributed by atoms with van der Waals surface area (Å²) in [5.74, 6) is 0.982. The topological polar surface area (TPSA) is 75.7 Å². The summed E-state index contributed by atoms with van der Waals surface area (Å²) in [6.07, 6.45) is 2.99. The monoisotopic (exact) mass is 360 g/mol. The Bertz CT molecular complexity index is 627. The molecule has 1 aromatic rings. The van der Waals surface area contributed by atoms with Gasteiger partial charge < -0.3 is 15.0 Å². The van der Waals surface area contributed by atoms with Crippen molar-refractivity contribution in [3.8, 4) is 5.75 Å². The minimum atomic E-state index is -0.265. The number of benzene rings is 1. The van der Waals surface area contributed by atoms with Gasteiger partial charge in [0.25, 0.3) is 5.91 Å². The number of hydrogen-bond donors (Lipinski definition) is 1. The second-order valence-electron chi connectivity index (χ2n) is 6.78. The molecule has 1 aliphatic heterocycles. The fourth-order valence-corrected chi connectivity index (χ4v) is 3.02. The van der Waals surface area contributed by atoms with Gasteiger partial charge in [0.2, 0.25) is 5.91 Å². The second kappa shape index (κ2) is 9.94. The molecule has 1 N–H and O–H groups in total. The van der Waals surface area contributed by atoms with E-state index in [2.05, 4.69) is 12.2 Å². The van der Waals surface area contributed by atoms with Gasteiger partial charge in [-0.15, -0.1) is 0 Å². The summed E-state index contributed by atoms with van der Waals surface area (Å²) in [6.45, 7) is 5.80. The van der Waals surface area contributed by atoms with Crippen LogP contribution in [0.3, 0.4) is 0 Å². The molecule has 1 fully saturated rings. The number of Topliss-reactive ketones (excluding diaryl/α,β-unsaturated/α-hetero) is 1. The lowest BCUT2D eigenvalue weighted by Crippen LogP contribution is -2.41. The molecule has 1 atom stereocenters. The predicted octanol–water partition coefficient (Wildman–Crippen LogP) is 2.42. The van der Waals surface area contributed by atoms with E-state index in [0.29, 0.717) is 36.6 Å². The number of carbonyl (C=O) groups excluding carboxylic acids is 3. The van der Waals surface area contributed by atoms with Crippen molar-refractivity contribution in [3.05, 3.63) is 29.8 Å². The Morgan fingerprint density at radius 2 is 1.96 bits per heavy atom. The Balaban J connectivity index is 1.65. The van der Waals surface area contributed by atoms with E-state index in [1.807, 2.05) is 11.8 Å². The number of ether oxygens (including phenoxy) is 1. The van der Waals surface area contributed by atoms with Crippen LogP contribution in [0, 0.1) is 5.92 Å². The fraction of sp³-hybridized carbons (Fsp3) is 0.550. The first-order chi connectivity index (χ1) is 12.5. The first kappa shape index (κ1) is 19.9. The maximum Gasteiger partial charge on any atom is 0.257 e. The molecule has 1 aliphatic rings. The van der Waals surface area contributed by atoms with Crippen molar-refractivity contribution in [2.75, 3.05) is 26.2 Å². The van der Waals surface area contributed by atoms with Crippen LogP contribution in [0.1, 0.15) is 49.9 Å². The average molecular weight is 360 g/mol. The molecule has 26 heavy (non-hydrogen) atoms. The molecule has 0 radical (unpaired) electrons. The molecule has 6 nitrogen and oxygen atoms in total. The van der Waals surface area contributed by atoms with Crippen LogP contribution < -0.4 is 10.1 Å². The van der Waals surface area contributed by atoms with E-state index in [9.17, 15) is 14.4 Å². The first-order valence-corrected chi connectivity index (χ1v) is 9.30. The van der Waals surface area contributed by atoms with Crippen molar-refractivity contribution in [2.24, 2.45) is 5.92 Å². The van der Waals surface area contributed by atoms with E-state index in [1.54, 1.807) is 24.3 Å². The Morgan fingerprint density at radius 3 is 2.62 bits per heavy atom. The molecule has 0 bridgehead atoms. The van der Waals surface area contributed by atoms with E-state index in [4.69, 9.17) is 4.74 Å². The van der Waals surface area contributed by atoms with Gasteiger partial charge in [-0.3, -0.25) is 14.4 Å². The van der Waals surface area contributed by atoms with Crippen molar-refractivity contribution in [2.45, 2.75) is 39.5 Å². The number of nitrogens with zero attached hydrogens (tertiary/aromatic N) is 1. The molecule has 0 aliphatic carbocycles. The van der Waals surface area contributed by atoms with E-state index in [0.717, 1.165) is 19.5 Å². The highest BCUT2D eigenvalue weighted by Crippen LogP contribution is 2.16. The van der Waals surface area contributed by atoms with Crippen LogP contribution in [0.25, 0.3) is 0 Å². The molecule has 2 amide bonds. The largest absolute Gasteiger partial charge is 0.484 e. The Morgan fingerprint density at radius 1 is 1.23 bits per heavy atom. The van der Waals surface area contributed by atoms with Crippen LogP contribution in [0.5, 0.6) is 5.75 Å². The van der Waals surface area contributed by atoms with Gasteiger partial charge in [0.15, 0.2) is 12.4 Å². The van der Waals surface area contributed by atoms with Crippen molar-refractivity contribution >= 4 is 17.6 Å². The van der Waals surface area contributed by atoms with Crippen LogP contribution in [0.15, 0.2) is 24.3 Å². The number of piperidine rings is 1. The average Bonchev–Trinajstić information content (AvgIpc) is 2.66. The minimum Gasteiger partial charge on any atom is -0.484 e. The maximum atomic E-state index is 12.1. The molecule has 1 saturated heterocycles. The summed E-state index contributed by atoms with van der Waals surface area (Å²) in [6, 6.07) is 6.74. The van der Waals surface area contributed by atoms with E-state index < -0.39 is 0 Å². The van der Waals surface area contributed by atoms with Gasteiger partial charge in [-0.1, -0.05) is 13.8 Å². The molecule has 1 aromatic carbocycles. The molecule has 0 saturated carbocycles. The van der Waals surface area contributed by atoms with Crippen molar-refractivity contribution in [1.82, 2.24) is 10.2 Å². The molecule has 0 aromatic heterocycles. The minimum absolute atomic E-state index is 0.0714. The van der Waals surface area contributed by atoms with Crippen LogP contribution in [-0.4, -0.2) is 48.7 Å². The normalized spacial score (nSPS) is 16.8. The van der Waals surface area contributed by atoms with Gasteiger partial charge in [0.05, 0.1) is 0 Å². The standard InChI is InChI=1S/C20H28N2O4/c1-3-18(23)16-6-8-17(9-7-16)26-14-19(24)21-11-10-20(25)22-12-4-5-15(2)13-22/h6-9,15H,3-5,10-14H2,1-2H3,(H,21,24). The lowest BCUT2D eigenvalue weighted by Gasteiger charge is -2.31. The third kappa shape index (κ3) is 6.17. The lowest BCUT2D eigenvalue weighted by atomic mass is 10.00. The fourth-order valence-electron chi connectivity index (χ4n) is 3.02. The third-order valence-corrected chi connectivity index (χ3v) is 4.54. The highest BCUT2D eigenvalue weighted by atomic mass is 16.5. The van der Waals surface area contributed by atoms with Gasteiger partial charge >= 0.3 is 0 Å². The lowest BCUT2D eigenvalue weighted by molar-refractivity contribution is -0.132. The van der Waals surface area contributed by atoms with Crippen LogP contribution in [0.4, 0.5) is 0 Å². The van der Waals surface area contributed by atoms with E-state index in [1.165, 1.54) is 6.42 Å². The molecule has 142 valence electrons. The molecular formula is C20H28N2O4. The summed E-state index contributed by atoms with van der Waals surface area (Å²) in [5, 5.41) is 2.71. The summed E-state index contributed by atoms with van der Waals surface area (Å²) >= 11 is 0. The molecular weight excluding hydrogens is 332 g/mol. The summed E-state index contributed by atoms with van der Waals surface area (Å²) < 4.78 is 5.41. The number of rotatable bonds is 8. The number of ketones is 1. The number of hydrogen-bond acceptors (Lipinski definition) is 4. The Kier molecular flexibility index (Phi) is 7.63. The van der Waals surface area contributed by atoms with Crippen molar-refractivity contribution in [3.63, 3.8) is 0 Å². The predicted molar refractivity (Wildman–Crippen MR) is 99.2 cm³/mol. The molecule has 0 spiro atoms. The number of likely N-dealkylation sites (tertiary alicyclic amines) is 1. The van der Waals surface area contributed by atoms with Gasteiger partial charge in [0, 0.05) is 38.0 Å². The Hall–Kier alpha value is -2.37. The second-order valence-corrected chi connectivity index (χ2v) is 6.78. The third-order valence-electron chi connectivity index (χ3n) is 4.54. The zero-order valence-corrected chi connectivity index (χ0v) is 15.6. The van der Waals surface area contributed by atoms with Crippen molar-refractivity contribution in [1.29, 1.82) is 0 Å². The molecule has 6 heteroatoms. The molecule has 1 heterocycles. The van der Waals surface area contributed by atoms with E-state index in [-0.39, 0.29) is 24.2 Å². The summed E-state index contributed by atoms with van der Waals surface area (Å²) in [7, 11) is 0. The van der Waals surface area contributed by atoms with Gasteiger partial charge in [0.1, 0.15) is 5.75 Å². The number of nitrogens with one attached hydrogen (secondary N) is 1. The maximum absolute atomic E-state index is 12.1. The summed E-state index contributed by atoms with van der Waals surface area (Å²) in [5.41, 5.74) is 0.634. The Labute approximate surface area is 154 Å². The van der Waals surface area contributed by atoms with Gasteiger partial charge in [-0.05, 0) is 43.0 Å². The number of amides is 2. The number of carbonyl (C=O) groups is 3. The van der Waals surface area contributed by atoms with Crippen LogP contribution >= 0.6 is 0 Å². The zero-order valence-electron chi connectivity index (χ0n) is 15.6. The van der Waals surface area contributed by atoms with Crippen LogP contribution in [0.2, 0.25) is 0 Å². The van der Waals surface area contributed by atoms with E-state index >= 15 is 0 Å². The van der Waals surface area contributed by atoms with Crippen molar-refractivity contribution < 1.29 is 19.1 Å². The van der Waals surface area contributed by atoms with Gasteiger partial charge in [-0.2, -0.15) is 0 Å². The zero-order chi connectivity index (χ0) is 18.9. The highest BCUT2D eigenvalue weighted by Gasteiger charge is 2.20. The molecule has 2 rings (SSSR count). The highest BCUT2D eigenvalue weighted by molar-refractivity contribution is 5.95. The van der Waals surface area contributed by atoms with Gasteiger partial charge in [-0.25, -0.2) is 0 Å². The summed E-state index contributed by atoms with van der Waals surface area (Å²) in [4.78, 5) is 37.4. The quantitative estimate of drug-likeness (QED) is 0.723. The SMILES string of the molecule is CCC(=O)c1ccc(OCC(=O)NCCC(=O)N2CCCC(C)C2)cc1. The smallest absolute Gasteiger partial charge is 0.257 e. The first-order valence-electron chi connectivity index (χ1n) is 9.30. The van der Waals surface area contributed by atoms with Crippen LogP contribution in [-0.2, 0) is 9.59 Å².